The summed E-state index contributed by atoms with van der Waals surface area (Å²) in [5, 5.41) is 0. The van der Waals surface area contributed by atoms with Crippen LogP contribution in [0.25, 0.3) is 50.7 Å². The molecule has 8 aromatic rings. The van der Waals surface area contributed by atoms with Crippen molar-refractivity contribution in [2.24, 2.45) is 0 Å². The minimum Gasteiger partial charge on any atom is -0.317 e. The van der Waals surface area contributed by atoms with Crippen LogP contribution in [0.1, 0.15) is 71.7 Å². The number of fused-ring (bicyclic) bond motifs is 2. The van der Waals surface area contributed by atoms with Crippen molar-refractivity contribution in [2.75, 3.05) is 9.80 Å². The van der Waals surface area contributed by atoms with Gasteiger partial charge in [0.05, 0.1) is 5.69 Å². The van der Waals surface area contributed by atoms with E-state index in [2.05, 4.69) is 304 Å². The molecule has 2 heteroatoms. The van der Waals surface area contributed by atoms with Gasteiger partial charge in [-0.2, -0.15) is 0 Å². The Morgan fingerprint density at radius 2 is 1.32 bits per heavy atom. The summed E-state index contributed by atoms with van der Waals surface area (Å²) >= 11 is 0. The summed E-state index contributed by atoms with van der Waals surface area (Å²) in [5.41, 5.74) is 23.4. The Hall–Kier alpha value is -8.98. The smallest absolute Gasteiger partial charge is 0.0502 e. The van der Waals surface area contributed by atoms with Gasteiger partial charge < -0.3 is 9.80 Å². The lowest BCUT2D eigenvalue weighted by Gasteiger charge is -2.30. The van der Waals surface area contributed by atoms with Crippen molar-refractivity contribution in [1.29, 1.82) is 0 Å². The zero-order chi connectivity index (χ0) is 50.6. The lowest BCUT2D eigenvalue weighted by molar-refractivity contribution is 1.13. The molecule has 0 fully saturated rings. The Balaban J connectivity index is 1.04. The lowest BCUT2D eigenvalue weighted by Crippen LogP contribution is -2.17. The molecule has 0 saturated heterocycles. The van der Waals surface area contributed by atoms with Crippen molar-refractivity contribution in [3.63, 3.8) is 0 Å². The third kappa shape index (κ3) is 10.6. The lowest BCUT2D eigenvalue weighted by atomic mass is 9.91. The van der Waals surface area contributed by atoms with Crippen molar-refractivity contribution in [3.05, 3.63) is 318 Å². The molecule has 10 rings (SSSR count). The Labute approximate surface area is 439 Å². The predicted molar refractivity (Wildman–Crippen MR) is 321 cm³/mol. The molecule has 8 aromatic carbocycles. The van der Waals surface area contributed by atoms with Crippen LogP contribution in [0.3, 0.4) is 0 Å². The van der Waals surface area contributed by atoms with Gasteiger partial charge in [-0.05, 0) is 166 Å². The van der Waals surface area contributed by atoms with Crippen molar-refractivity contribution in [2.45, 2.75) is 40.0 Å². The monoisotopic (exact) mass is 954 g/mol. The fourth-order valence-electron chi connectivity index (χ4n) is 10.3. The van der Waals surface area contributed by atoms with Gasteiger partial charge in [0.1, 0.15) is 0 Å². The zero-order valence-corrected chi connectivity index (χ0v) is 42.7. The standard InChI is InChI=1S/C72H62N2/c1-5-24-55(57-42-44-60(45-43-57)67(7-3)69-38-18-15-25-54(69)6-2)33-23-50-73(64-48-46-58(47-49-64)62-31-19-30-61(51-62)56-26-11-8-9-12-27-56)66-36-20-32-63(52-66)70-39-22-41-72-71(70)40-21-29-59-28-16-17-37-68(59)53(4)74(72)65-34-13-10-14-35-65/h5,7-26,28-39,41-52H,4,6,27,40H2,1-3H3/b24-5-,29-21-,50-23+,55-33+,67-7-. The van der Waals surface area contributed by atoms with E-state index in [-0.39, 0.29) is 0 Å². The minimum absolute atomic E-state index is 0.749. The van der Waals surface area contributed by atoms with E-state index in [1.807, 2.05) is 0 Å². The van der Waals surface area contributed by atoms with Gasteiger partial charge in [0.25, 0.3) is 0 Å². The average Bonchev–Trinajstić information content (AvgIpc) is 3.73. The highest BCUT2D eigenvalue weighted by atomic mass is 15.2. The highest BCUT2D eigenvalue weighted by Gasteiger charge is 2.23. The topological polar surface area (TPSA) is 6.48 Å². The molecule has 2 aliphatic rings. The van der Waals surface area contributed by atoms with Gasteiger partial charge in [-0.3, -0.25) is 0 Å². The third-order valence-electron chi connectivity index (χ3n) is 14.1. The highest BCUT2D eigenvalue weighted by molar-refractivity contribution is 5.93. The summed E-state index contributed by atoms with van der Waals surface area (Å²) in [6, 6.07) is 70.5. The number of nitrogens with zero attached hydrogens (tertiary/aromatic N) is 2. The normalized spacial score (nSPS) is 14.2. The summed E-state index contributed by atoms with van der Waals surface area (Å²) < 4.78 is 0. The molecule has 0 unspecified atom stereocenters. The molecule has 1 aliphatic carbocycles. The van der Waals surface area contributed by atoms with Crippen molar-refractivity contribution in [1.82, 2.24) is 0 Å². The molecule has 360 valence electrons. The van der Waals surface area contributed by atoms with Gasteiger partial charge >= 0.3 is 0 Å². The van der Waals surface area contributed by atoms with Crippen LogP contribution in [0.2, 0.25) is 0 Å². The van der Waals surface area contributed by atoms with Crippen LogP contribution >= 0.6 is 0 Å². The fraction of sp³-hybridized carbons (Fsp3) is 0.0833. The van der Waals surface area contributed by atoms with Crippen LogP contribution in [0.15, 0.2) is 274 Å². The molecule has 0 spiro atoms. The molecule has 2 nitrogen and oxygen atoms in total. The summed E-state index contributed by atoms with van der Waals surface area (Å²) in [6.07, 6.45) is 31.1. The van der Waals surface area contributed by atoms with Gasteiger partial charge in [0, 0.05) is 34.5 Å². The Morgan fingerprint density at radius 1 is 0.595 bits per heavy atom. The molecule has 0 atom stereocenters. The second-order valence-corrected chi connectivity index (χ2v) is 18.6. The van der Waals surface area contributed by atoms with Crippen molar-refractivity contribution in [3.8, 4) is 22.3 Å². The molecule has 74 heavy (non-hydrogen) atoms. The van der Waals surface area contributed by atoms with E-state index in [1.54, 1.807) is 0 Å². The molecular weight excluding hydrogens is 893 g/mol. The van der Waals surface area contributed by atoms with Crippen LogP contribution in [-0.4, -0.2) is 0 Å². The van der Waals surface area contributed by atoms with E-state index in [0.29, 0.717) is 0 Å². The number of rotatable bonds is 13. The van der Waals surface area contributed by atoms with Gasteiger partial charge in [0.2, 0.25) is 0 Å². The molecule has 0 saturated carbocycles. The van der Waals surface area contributed by atoms with Gasteiger partial charge in [-0.15, -0.1) is 0 Å². The number of aryl methyl sites for hydroxylation is 1. The van der Waals surface area contributed by atoms with E-state index in [9.17, 15) is 0 Å². The van der Waals surface area contributed by atoms with Gasteiger partial charge in [-0.1, -0.05) is 226 Å². The number of anilines is 4. The first-order valence-electron chi connectivity index (χ1n) is 25.9. The van der Waals surface area contributed by atoms with E-state index in [1.165, 1.54) is 55.7 Å². The first kappa shape index (κ1) is 48.6. The quantitative estimate of drug-likeness (QED) is 0.106. The first-order chi connectivity index (χ1) is 36.5. The van der Waals surface area contributed by atoms with Crippen LogP contribution in [0.4, 0.5) is 22.7 Å². The number of hydrogen-bond acceptors (Lipinski definition) is 2. The van der Waals surface area contributed by atoms with Crippen molar-refractivity contribution >= 4 is 51.2 Å². The van der Waals surface area contributed by atoms with E-state index >= 15 is 0 Å². The summed E-state index contributed by atoms with van der Waals surface area (Å²) in [7, 11) is 0. The minimum atomic E-state index is 0.749. The van der Waals surface area contributed by atoms with E-state index < -0.39 is 0 Å². The van der Waals surface area contributed by atoms with Crippen LogP contribution in [0.5, 0.6) is 0 Å². The number of allylic oxidation sites excluding steroid dienone is 13. The third-order valence-corrected chi connectivity index (χ3v) is 14.1. The summed E-state index contributed by atoms with van der Waals surface area (Å²) in [5.74, 6) is 0. The number of hydrogen-bond donors (Lipinski definition) is 0. The average molecular weight is 955 g/mol. The van der Waals surface area contributed by atoms with Crippen LogP contribution < -0.4 is 9.80 Å². The fourth-order valence-corrected chi connectivity index (χ4v) is 10.3. The maximum absolute atomic E-state index is 4.75. The Bertz CT molecular complexity index is 3550. The molecular formula is C72H62N2. The maximum Gasteiger partial charge on any atom is 0.0502 e. The summed E-state index contributed by atoms with van der Waals surface area (Å²) in [4.78, 5) is 4.64. The highest BCUT2D eigenvalue weighted by Crippen LogP contribution is 2.43. The zero-order valence-electron chi connectivity index (χ0n) is 42.7. The second-order valence-electron chi connectivity index (χ2n) is 18.6. The molecule has 0 bridgehead atoms. The predicted octanol–water partition coefficient (Wildman–Crippen LogP) is 19.6. The maximum atomic E-state index is 4.75. The van der Waals surface area contributed by atoms with Crippen LogP contribution in [0, 0.1) is 0 Å². The SMILES string of the molecule is C=C1c2ccccc2/C=C\Cc2c(-c3cccc(N(/C=C/C=C(\C=C/C)c4ccc(/C(=C/C)c5ccccc5CC)cc4)c4ccc(-c5cccc(C6=CC=CC=CC6)c5)cc4)c3)cccc2N1c1ccccc1. The number of para-hydroxylation sites is 1. The number of benzene rings is 8. The Kier molecular flexibility index (Phi) is 15.2. The summed E-state index contributed by atoms with van der Waals surface area (Å²) in [6.45, 7) is 11.2. The molecule has 1 aliphatic heterocycles. The first-order valence-corrected chi connectivity index (χ1v) is 25.9. The van der Waals surface area contributed by atoms with Crippen LogP contribution in [-0.2, 0) is 12.8 Å². The van der Waals surface area contributed by atoms with Crippen molar-refractivity contribution < 1.29 is 0 Å². The second kappa shape index (κ2) is 23.1. The largest absolute Gasteiger partial charge is 0.317 e. The Morgan fingerprint density at radius 3 is 2.15 bits per heavy atom. The molecule has 0 radical (unpaired) electrons. The van der Waals surface area contributed by atoms with E-state index in [0.717, 1.165) is 75.5 Å². The molecule has 0 N–H and O–H groups in total. The molecule has 1 heterocycles. The van der Waals surface area contributed by atoms with Gasteiger partial charge in [0.15, 0.2) is 0 Å². The van der Waals surface area contributed by atoms with Gasteiger partial charge in [-0.25, -0.2) is 0 Å². The van der Waals surface area contributed by atoms with E-state index in [4.69, 9.17) is 6.58 Å². The molecule has 0 aromatic heterocycles. The molecule has 0 amide bonds.